The first-order valence-electron chi connectivity index (χ1n) is 23.8. The molecular formula is C63H46F4IrN5O-3. The van der Waals surface area contributed by atoms with Gasteiger partial charge in [0, 0.05) is 78.4 Å². The Morgan fingerprint density at radius 1 is 0.662 bits per heavy atom. The van der Waals surface area contributed by atoms with Gasteiger partial charge in [0.2, 0.25) is 6.33 Å². The molecule has 7 aromatic carbocycles. The first kappa shape index (κ1) is 50.9. The standard InChI is InChI=1S/C35H27F4N.C28H19N4O.Ir/c1-20(2)29-14-23(22-8-6-5-7-9-22)15-30(21(3)4)35(29)24-16-33(27-12-10-25(36)18-31(27)38)40-34(17-24)28-13-11-26(37)19-32(28)39;1-17-11-25(30-15-18(17)2)20-13-24-23-7-5-19-12-21(29-3)6-8-22(19)27(23)33-28(24)26(14-20)32-10-9-31(4)16-32;/h5-11,14-21H,1-4H3;5-13,15H,1-2,4H3;/q-2;-1;. The van der Waals surface area contributed by atoms with E-state index in [1.165, 1.54) is 5.56 Å². The Kier molecular flexibility index (Phi) is 14.3. The average Bonchev–Trinajstić information content (AvgIpc) is 4.00. The summed E-state index contributed by atoms with van der Waals surface area (Å²) in [7, 11) is 1.93. The van der Waals surface area contributed by atoms with Gasteiger partial charge in [0.15, 0.2) is 5.69 Å². The second-order valence-electron chi connectivity index (χ2n) is 18.8. The molecule has 74 heavy (non-hydrogen) atoms. The van der Waals surface area contributed by atoms with Crippen LogP contribution in [0.5, 0.6) is 0 Å². The number of imidazole rings is 1. The van der Waals surface area contributed by atoms with Gasteiger partial charge >= 0.3 is 0 Å². The van der Waals surface area contributed by atoms with E-state index in [2.05, 4.69) is 123 Å². The summed E-state index contributed by atoms with van der Waals surface area (Å²) in [4.78, 5) is 12.7. The van der Waals surface area contributed by atoms with Crippen LogP contribution >= 0.6 is 0 Å². The molecule has 0 aliphatic rings. The molecule has 0 saturated heterocycles. The third-order valence-electron chi connectivity index (χ3n) is 13.1. The summed E-state index contributed by atoms with van der Waals surface area (Å²) in [5, 5.41) is 3.98. The van der Waals surface area contributed by atoms with Crippen molar-refractivity contribution < 1.29 is 46.7 Å². The first-order valence-corrected chi connectivity index (χ1v) is 23.8. The van der Waals surface area contributed by atoms with Gasteiger partial charge in [-0.2, -0.15) is 0 Å². The van der Waals surface area contributed by atoms with E-state index in [0.29, 0.717) is 11.3 Å². The molecule has 0 saturated carbocycles. The predicted molar refractivity (Wildman–Crippen MR) is 280 cm³/mol. The van der Waals surface area contributed by atoms with Gasteiger partial charge < -0.3 is 23.5 Å². The summed E-state index contributed by atoms with van der Waals surface area (Å²) in [5.74, 6) is -3.00. The van der Waals surface area contributed by atoms with Gasteiger partial charge in [-0.15, -0.1) is 42.0 Å². The topological polar surface area (TPSA) is 52.1 Å². The number of aryl methyl sites for hydroxylation is 3. The molecular weight excluding hydrogens is 1110 g/mol. The molecule has 0 aliphatic carbocycles. The van der Waals surface area contributed by atoms with E-state index >= 15 is 0 Å². The minimum atomic E-state index is -0.841. The van der Waals surface area contributed by atoms with E-state index in [1.807, 2.05) is 77.2 Å². The van der Waals surface area contributed by atoms with E-state index < -0.39 is 23.3 Å². The number of pyridine rings is 2. The molecule has 11 aromatic rings. The maximum atomic E-state index is 14.9. The normalized spacial score (nSPS) is 11.3. The SMILES string of the molecule is CC(C)c1cc(-c2ccccc2)cc(C(C)C)c1-c1cc(-c2[c-]cc(F)cc2F)nc(-c2[c-]cc(F)cc2F)c1.[C-]#[N+]c1ccc2c(ccc3c4cc(-c5cc(C)c(C)cn5)[c-]c(-n5[c-][n+](C)cc5)c4oc23)c1.[Ir]. The average molecular weight is 1160 g/mol. The molecule has 0 atom stereocenters. The number of nitrogens with zero attached hydrogens (tertiary/aromatic N) is 5. The van der Waals surface area contributed by atoms with Crippen molar-refractivity contribution in [1.29, 1.82) is 0 Å². The van der Waals surface area contributed by atoms with E-state index in [1.54, 1.807) is 12.1 Å². The molecule has 0 N–H and O–H groups in total. The third kappa shape index (κ3) is 9.91. The summed E-state index contributed by atoms with van der Waals surface area (Å²) in [6, 6.07) is 44.2. The van der Waals surface area contributed by atoms with Gasteiger partial charge in [-0.1, -0.05) is 147 Å². The van der Waals surface area contributed by atoms with E-state index in [9.17, 15) is 17.6 Å². The van der Waals surface area contributed by atoms with Gasteiger partial charge in [-0.25, -0.2) is 4.85 Å². The van der Waals surface area contributed by atoms with Crippen LogP contribution in [0.2, 0.25) is 0 Å². The Morgan fingerprint density at radius 2 is 1.30 bits per heavy atom. The maximum absolute atomic E-state index is 14.9. The second kappa shape index (κ2) is 20.8. The van der Waals surface area contributed by atoms with Crippen LogP contribution in [0.15, 0.2) is 144 Å². The molecule has 1 radical (unpaired) electrons. The van der Waals surface area contributed by atoms with Gasteiger partial charge in [0.25, 0.3) is 0 Å². The Morgan fingerprint density at radius 3 is 1.86 bits per heavy atom. The van der Waals surface area contributed by atoms with Crippen molar-refractivity contribution in [2.45, 2.75) is 53.4 Å². The minimum absolute atomic E-state index is 0. The summed E-state index contributed by atoms with van der Waals surface area (Å²) in [6.07, 6.45) is 9.05. The van der Waals surface area contributed by atoms with Crippen molar-refractivity contribution in [1.82, 2.24) is 14.5 Å². The summed E-state index contributed by atoms with van der Waals surface area (Å²) in [6.45, 7) is 19.9. The van der Waals surface area contributed by atoms with Crippen LogP contribution in [0.25, 0.3) is 99.3 Å². The molecule has 0 amide bonds. The molecule has 11 heteroatoms. The molecule has 0 bridgehead atoms. The fourth-order valence-electron chi connectivity index (χ4n) is 9.19. The number of benzene rings is 7. The van der Waals surface area contributed by atoms with Crippen LogP contribution in [-0.4, -0.2) is 14.5 Å². The second-order valence-corrected chi connectivity index (χ2v) is 18.8. The van der Waals surface area contributed by atoms with E-state index in [4.69, 9.17) is 11.0 Å². The summed E-state index contributed by atoms with van der Waals surface area (Å²) < 4.78 is 67.6. The number of aromatic nitrogens is 4. The fourth-order valence-corrected chi connectivity index (χ4v) is 9.19. The largest absolute Gasteiger partial charge is 0.505 e. The van der Waals surface area contributed by atoms with Crippen molar-refractivity contribution >= 4 is 38.4 Å². The Hall–Kier alpha value is -8.03. The molecule has 0 fully saturated rings. The smallest absolute Gasteiger partial charge is 0.241 e. The van der Waals surface area contributed by atoms with Crippen LogP contribution in [0.4, 0.5) is 23.2 Å². The van der Waals surface area contributed by atoms with Crippen molar-refractivity contribution in [3.63, 3.8) is 0 Å². The number of furan rings is 1. The summed E-state index contributed by atoms with van der Waals surface area (Å²) in [5.41, 5.74) is 13.1. The van der Waals surface area contributed by atoms with Crippen LogP contribution in [0.1, 0.15) is 61.8 Å². The summed E-state index contributed by atoms with van der Waals surface area (Å²) >= 11 is 0. The Labute approximate surface area is 440 Å². The number of rotatable bonds is 8. The molecule has 4 heterocycles. The monoisotopic (exact) mass is 1160 g/mol. The van der Waals surface area contributed by atoms with Crippen molar-refractivity contribution in [2.24, 2.45) is 7.05 Å². The zero-order valence-electron chi connectivity index (χ0n) is 41.4. The number of hydrogen-bond donors (Lipinski definition) is 0. The third-order valence-corrected chi connectivity index (χ3v) is 13.1. The van der Waals surface area contributed by atoms with Gasteiger partial charge in [-0.3, -0.25) is 17.6 Å². The maximum Gasteiger partial charge on any atom is 0.241 e. The number of fused-ring (bicyclic) bond motifs is 5. The Balaban J connectivity index is 0.000000182. The number of halogens is 4. The molecule has 11 rings (SSSR count). The zero-order valence-corrected chi connectivity index (χ0v) is 43.8. The number of hydrogen-bond acceptors (Lipinski definition) is 3. The van der Waals surface area contributed by atoms with Crippen molar-refractivity contribution in [3.05, 3.63) is 221 Å². The zero-order chi connectivity index (χ0) is 51.2. The van der Waals surface area contributed by atoms with Crippen LogP contribution < -0.4 is 4.57 Å². The van der Waals surface area contributed by atoms with Crippen molar-refractivity contribution in [3.8, 4) is 61.7 Å². The Bertz CT molecular complexity index is 3890. The minimum Gasteiger partial charge on any atom is -0.505 e. The van der Waals surface area contributed by atoms with Crippen molar-refractivity contribution in [2.75, 3.05) is 0 Å². The van der Waals surface area contributed by atoms with E-state index in [0.717, 1.165) is 107 Å². The van der Waals surface area contributed by atoms with Gasteiger partial charge in [-0.05, 0) is 93.2 Å². The molecule has 6 nitrogen and oxygen atoms in total. The molecule has 369 valence electrons. The molecule has 4 aromatic heterocycles. The quantitative estimate of drug-likeness (QED) is 0.0865. The molecule has 0 aliphatic heterocycles. The molecule has 0 unspecified atom stereocenters. The fraction of sp³-hybridized carbons (Fsp3) is 0.143. The van der Waals surface area contributed by atoms with Crippen LogP contribution in [0.3, 0.4) is 0 Å². The first-order chi connectivity index (χ1) is 35.1. The molecule has 0 spiro atoms. The van der Waals surface area contributed by atoms with Crippen LogP contribution in [-0.2, 0) is 27.2 Å². The van der Waals surface area contributed by atoms with Gasteiger partial charge in [0.05, 0.1) is 19.2 Å². The van der Waals surface area contributed by atoms with Gasteiger partial charge in [0.1, 0.15) is 5.58 Å². The van der Waals surface area contributed by atoms with E-state index in [-0.39, 0.29) is 54.5 Å². The predicted octanol–water partition coefficient (Wildman–Crippen LogP) is 16.3. The van der Waals surface area contributed by atoms with Crippen LogP contribution in [0, 0.1) is 68.2 Å².